The number of nitrogens with zero attached hydrogens (tertiary/aromatic N) is 1. The maximum absolute atomic E-state index is 10.4. The standard InChI is InChI=1S/C13H25NO2/c1-11-5-7-12(8-6-11)10-14(2)9-3-4-13(15)16/h11-12H,3-10H2,1-2H3,(H,15,16). The third-order valence-corrected chi connectivity index (χ3v) is 3.64. The van der Waals surface area contributed by atoms with Crippen LogP contribution in [0.15, 0.2) is 0 Å². The lowest BCUT2D eigenvalue weighted by Gasteiger charge is -2.29. The summed E-state index contributed by atoms with van der Waals surface area (Å²) in [4.78, 5) is 12.7. The second-order valence-electron chi connectivity index (χ2n) is 5.39. The zero-order chi connectivity index (χ0) is 12.0. The summed E-state index contributed by atoms with van der Waals surface area (Å²) in [7, 11) is 2.11. The Hall–Kier alpha value is -0.570. The Kier molecular flexibility index (Phi) is 5.81. The largest absolute Gasteiger partial charge is 0.481 e. The van der Waals surface area contributed by atoms with Gasteiger partial charge in [-0.15, -0.1) is 0 Å². The van der Waals surface area contributed by atoms with E-state index in [4.69, 9.17) is 5.11 Å². The second-order valence-corrected chi connectivity index (χ2v) is 5.39. The minimum Gasteiger partial charge on any atom is -0.481 e. The quantitative estimate of drug-likeness (QED) is 0.758. The van der Waals surface area contributed by atoms with Crippen molar-refractivity contribution in [1.82, 2.24) is 4.90 Å². The predicted molar refractivity (Wildman–Crippen MR) is 65.5 cm³/mol. The van der Waals surface area contributed by atoms with Crippen molar-refractivity contribution in [2.45, 2.75) is 45.4 Å². The molecule has 0 aromatic heterocycles. The van der Waals surface area contributed by atoms with Crippen LogP contribution in [0.2, 0.25) is 0 Å². The topological polar surface area (TPSA) is 40.5 Å². The van der Waals surface area contributed by atoms with Gasteiger partial charge in [-0.3, -0.25) is 4.79 Å². The summed E-state index contributed by atoms with van der Waals surface area (Å²) < 4.78 is 0. The highest BCUT2D eigenvalue weighted by molar-refractivity contribution is 5.66. The van der Waals surface area contributed by atoms with E-state index in [0.717, 1.165) is 31.3 Å². The minimum atomic E-state index is -0.681. The Balaban J connectivity index is 2.09. The number of aliphatic carboxylic acids is 1. The van der Waals surface area contributed by atoms with Gasteiger partial charge in [0.1, 0.15) is 0 Å². The molecule has 0 saturated heterocycles. The van der Waals surface area contributed by atoms with Crippen molar-refractivity contribution in [2.75, 3.05) is 20.1 Å². The number of carboxylic acids is 1. The summed E-state index contributed by atoms with van der Waals surface area (Å²) in [5.74, 6) is 1.07. The Morgan fingerprint density at radius 1 is 1.31 bits per heavy atom. The van der Waals surface area contributed by atoms with Gasteiger partial charge >= 0.3 is 5.97 Å². The third kappa shape index (κ3) is 5.50. The van der Waals surface area contributed by atoms with Crippen molar-refractivity contribution in [2.24, 2.45) is 11.8 Å². The van der Waals surface area contributed by atoms with Crippen LogP contribution in [0.4, 0.5) is 0 Å². The smallest absolute Gasteiger partial charge is 0.303 e. The molecular formula is C13H25NO2. The van der Waals surface area contributed by atoms with E-state index < -0.39 is 5.97 Å². The van der Waals surface area contributed by atoms with E-state index in [1.807, 2.05) is 0 Å². The summed E-state index contributed by atoms with van der Waals surface area (Å²) >= 11 is 0. The zero-order valence-corrected chi connectivity index (χ0v) is 10.6. The van der Waals surface area contributed by atoms with Gasteiger partial charge in [-0.1, -0.05) is 19.8 Å². The molecule has 0 aromatic carbocycles. The first-order valence-corrected chi connectivity index (χ1v) is 6.48. The first-order chi connectivity index (χ1) is 7.58. The monoisotopic (exact) mass is 227 g/mol. The van der Waals surface area contributed by atoms with E-state index in [2.05, 4.69) is 18.9 Å². The minimum absolute atomic E-state index is 0.298. The number of rotatable bonds is 6. The van der Waals surface area contributed by atoms with E-state index >= 15 is 0 Å². The summed E-state index contributed by atoms with van der Waals surface area (Å²) in [6.07, 6.45) is 6.51. The first kappa shape index (κ1) is 13.5. The number of hydrogen-bond acceptors (Lipinski definition) is 2. The molecule has 1 N–H and O–H groups in total. The van der Waals surface area contributed by atoms with Gasteiger partial charge < -0.3 is 10.0 Å². The molecule has 94 valence electrons. The van der Waals surface area contributed by atoms with Crippen molar-refractivity contribution in [3.63, 3.8) is 0 Å². The van der Waals surface area contributed by atoms with E-state index in [-0.39, 0.29) is 0 Å². The molecule has 1 aliphatic carbocycles. The van der Waals surface area contributed by atoms with E-state index in [1.54, 1.807) is 0 Å². The number of hydrogen-bond donors (Lipinski definition) is 1. The van der Waals surface area contributed by atoms with Crippen LogP contribution in [0.3, 0.4) is 0 Å². The lowest BCUT2D eigenvalue weighted by molar-refractivity contribution is -0.137. The SMILES string of the molecule is CC1CCC(CN(C)CCCC(=O)O)CC1. The Bertz CT molecular complexity index is 210. The summed E-state index contributed by atoms with van der Waals surface area (Å²) in [6, 6.07) is 0. The molecule has 1 saturated carbocycles. The molecule has 3 heteroatoms. The van der Waals surface area contributed by atoms with Crippen LogP contribution in [0.25, 0.3) is 0 Å². The van der Waals surface area contributed by atoms with Gasteiger partial charge in [0.15, 0.2) is 0 Å². The van der Waals surface area contributed by atoms with Crippen LogP contribution < -0.4 is 0 Å². The van der Waals surface area contributed by atoms with Gasteiger partial charge in [0.05, 0.1) is 0 Å². The summed E-state index contributed by atoms with van der Waals surface area (Å²) in [5, 5.41) is 8.56. The average Bonchev–Trinajstić information content (AvgIpc) is 2.21. The zero-order valence-electron chi connectivity index (χ0n) is 10.6. The molecule has 0 aromatic rings. The molecule has 1 fully saturated rings. The molecule has 16 heavy (non-hydrogen) atoms. The Morgan fingerprint density at radius 3 is 2.50 bits per heavy atom. The highest BCUT2D eigenvalue weighted by Gasteiger charge is 2.19. The van der Waals surface area contributed by atoms with E-state index in [1.165, 1.54) is 25.7 Å². The molecule has 3 nitrogen and oxygen atoms in total. The first-order valence-electron chi connectivity index (χ1n) is 6.48. The van der Waals surface area contributed by atoms with Crippen molar-refractivity contribution < 1.29 is 9.90 Å². The molecule has 1 rings (SSSR count). The van der Waals surface area contributed by atoms with Gasteiger partial charge in [-0.2, -0.15) is 0 Å². The third-order valence-electron chi connectivity index (χ3n) is 3.64. The van der Waals surface area contributed by atoms with Crippen LogP contribution in [0.1, 0.15) is 45.4 Å². The molecular weight excluding hydrogens is 202 g/mol. The van der Waals surface area contributed by atoms with Crippen molar-refractivity contribution in [1.29, 1.82) is 0 Å². The van der Waals surface area contributed by atoms with E-state index in [0.29, 0.717) is 6.42 Å². The molecule has 0 spiro atoms. The fourth-order valence-electron chi connectivity index (χ4n) is 2.54. The van der Waals surface area contributed by atoms with Gasteiger partial charge in [-0.25, -0.2) is 0 Å². The average molecular weight is 227 g/mol. The molecule has 0 atom stereocenters. The van der Waals surface area contributed by atoms with Crippen LogP contribution in [-0.4, -0.2) is 36.1 Å². The van der Waals surface area contributed by atoms with Crippen molar-refractivity contribution >= 4 is 5.97 Å². The maximum Gasteiger partial charge on any atom is 0.303 e. The van der Waals surface area contributed by atoms with Crippen LogP contribution >= 0.6 is 0 Å². The molecule has 0 unspecified atom stereocenters. The van der Waals surface area contributed by atoms with Gasteiger partial charge in [0, 0.05) is 13.0 Å². The normalized spacial score (nSPS) is 25.9. The lowest BCUT2D eigenvalue weighted by atomic mass is 9.83. The fraction of sp³-hybridized carbons (Fsp3) is 0.923. The maximum atomic E-state index is 10.4. The van der Waals surface area contributed by atoms with Gasteiger partial charge in [0.2, 0.25) is 0 Å². The fourth-order valence-corrected chi connectivity index (χ4v) is 2.54. The Morgan fingerprint density at radius 2 is 1.94 bits per heavy atom. The lowest BCUT2D eigenvalue weighted by Crippen LogP contribution is -2.29. The number of carbonyl (C=O) groups is 1. The van der Waals surface area contributed by atoms with Gasteiger partial charge in [0.25, 0.3) is 0 Å². The van der Waals surface area contributed by atoms with Crippen LogP contribution in [0, 0.1) is 11.8 Å². The van der Waals surface area contributed by atoms with Crippen LogP contribution in [-0.2, 0) is 4.79 Å². The summed E-state index contributed by atoms with van der Waals surface area (Å²) in [5.41, 5.74) is 0. The van der Waals surface area contributed by atoms with Crippen molar-refractivity contribution in [3.05, 3.63) is 0 Å². The second kappa shape index (κ2) is 6.89. The Labute approximate surface area is 98.8 Å². The molecule has 0 bridgehead atoms. The van der Waals surface area contributed by atoms with Gasteiger partial charge in [-0.05, 0) is 44.7 Å². The highest BCUT2D eigenvalue weighted by Crippen LogP contribution is 2.28. The molecule has 0 radical (unpaired) electrons. The predicted octanol–water partition coefficient (Wildman–Crippen LogP) is 2.61. The molecule has 0 amide bonds. The molecule has 1 aliphatic rings. The van der Waals surface area contributed by atoms with Crippen LogP contribution in [0.5, 0.6) is 0 Å². The molecule has 0 heterocycles. The molecule has 0 aliphatic heterocycles. The summed E-state index contributed by atoms with van der Waals surface area (Å²) in [6.45, 7) is 4.40. The van der Waals surface area contributed by atoms with E-state index in [9.17, 15) is 4.79 Å². The highest BCUT2D eigenvalue weighted by atomic mass is 16.4. The van der Waals surface area contributed by atoms with Crippen molar-refractivity contribution in [3.8, 4) is 0 Å². The number of carboxylic acid groups (broad SMARTS) is 1.